The van der Waals surface area contributed by atoms with E-state index in [4.69, 9.17) is 0 Å². The molecule has 0 unspecified atom stereocenters. The van der Waals surface area contributed by atoms with Crippen LogP contribution in [0.1, 0.15) is 154 Å². The average Bonchev–Trinajstić information content (AvgIpc) is 2.90. The molecule has 4 heterocycles. The van der Waals surface area contributed by atoms with Crippen LogP contribution in [0.15, 0.2) is 24.3 Å². The van der Waals surface area contributed by atoms with Crippen molar-refractivity contribution < 1.29 is 0 Å². The normalized spacial score (nSPS) is 22.6. The van der Waals surface area contributed by atoms with Crippen molar-refractivity contribution in [3.05, 3.63) is 24.3 Å². The van der Waals surface area contributed by atoms with Crippen LogP contribution in [0, 0.1) is 0 Å². The standard InChI is InChI=1S/C34H60N2/c1-2-6-10-14-18-22-30-36-32-24-20-16-12-8-4-3-7-11-15-19-23-31-35(29-21-17-13-9-5-1)33-25-27-34(36)28-26-33/h25-28H,1-24,29-32H2. The summed E-state index contributed by atoms with van der Waals surface area (Å²) in [7, 11) is 0. The van der Waals surface area contributed by atoms with Crippen molar-refractivity contribution in [3.63, 3.8) is 0 Å². The Balaban J connectivity index is 1.66. The van der Waals surface area contributed by atoms with Crippen LogP contribution in [0.5, 0.6) is 0 Å². The van der Waals surface area contributed by atoms with Crippen molar-refractivity contribution in [2.24, 2.45) is 0 Å². The zero-order chi connectivity index (χ0) is 24.9. The molecule has 0 fully saturated rings. The maximum Gasteiger partial charge on any atom is 0.0367 e. The molecule has 0 saturated carbocycles. The fraction of sp³-hybridized carbons (Fsp3) is 0.824. The molecule has 0 spiro atoms. The summed E-state index contributed by atoms with van der Waals surface area (Å²) >= 11 is 0. The predicted octanol–water partition coefficient (Wildman–Crippen LogP) is 10.7. The molecular weight excluding hydrogens is 436 g/mol. The summed E-state index contributed by atoms with van der Waals surface area (Å²) in [6.45, 7) is 4.96. The van der Waals surface area contributed by atoms with Crippen molar-refractivity contribution in [1.82, 2.24) is 0 Å². The van der Waals surface area contributed by atoms with Crippen LogP contribution in [-0.4, -0.2) is 26.2 Å². The van der Waals surface area contributed by atoms with Gasteiger partial charge >= 0.3 is 0 Å². The van der Waals surface area contributed by atoms with Gasteiger partial charge in [-0.25, -0.2) is 0 Å². The lowest BCUT2D eigenvalue weighted by Gasteiger charge is -2.28. The van der Waals surface area contributed by atoms with E-state index in [-0.39, 0.29) is 0 Å². The van der Waals surface area contributed by atoms with E-state index in [9.17, 15) is 0 Å². The number of benzene rings is 1. The largest absolute Gasteiger partial charge is 0.372 e. The minimum atomic E-state index is 1.24. The Morgan fingerprint density at radius 3 is 0.611 bits per heavy atom. The van der Waals surface area contributed by atoms with Gasteiger partial charge in [0.2, 0.25) is 0 Å². The summed E-state index contributed by atoms with van der Waals surface area (Å²) in [6, 6.07) is 9.77. The lowest BCUT2D eigenvalue weighted by Crippen LogP contribution is -2.27. The molecule has 36 heavy (non-hydrogen) atoms. The molecule has 0 amide bonds. The second kappa shape index (κ2) is 19.9. The van der Waals surface area contributed by atoms with Gasteiger partial charge in [-0.1, -0.05) is 128 Å². The van der Waals surface area contributed by atoms with Gasteiger partial charge in [-0.05, 0) is 49.9 Å². The Kier molecular flexibility index (Phi) is 16.2. The first kappa shape index (κ1) is 29.4. The maximum atomic E-state index is 2.71. The first-order valence-electron chi connectivity index (χ1n) is 16.5. The van der Waals surface area contributed by atoms with E-state index in [1.165, 1.54) is 192 Å². The Morgan fingerprint density at radius 2 is 0.417 bits per heavy atom. The molecule has 2 nitrogen and oxygen atoms in total. The van der Waals surface area contributed by atoms with E-state index in [0.29, 0.717) is 0 Å². The molecule has 4 bridgehead atoms. The van der Waals surface area contributed by atoms with Gasteiger partial charge in [0.25, 0.3) is 0 Å². The molecule has 0 aliphatic carbocycles. The van der Waals surface area contributed by atoms with Gasteiger partial charge in [0, 0.05) is 37.6 Å². The first-order valence-corrected chi connectivity index (χ1v) is 16.5. The van der Waals surface area contributed by atoms with Crippen LogP contribution in [0.3, 0.4) is 0 Å². The zero-order valence-corrected chi connectivity index (χ0v) is 24.0. The van der Waals surface area contributed by atoms with Gasteiger partial charge in [0.05, 0.1) is 0 Å². The Hall–Kier alpha value is -1.18. The molecule has 1 aromatic carbocycles. The van der Waals surface area contributed by atoms with Gasteiger partial charge in [-0.2, -0.15) is 0 Å². The average molecular weight is 497 g/mol. The zero-order valence-electron chi connectivity index (χ0n) is 24.0. The van der Waals surface area contributed by atoms with E-state index >= 15 is 0 Å². The molecule has 5 rings (SSSR count). The van der Waals surface area contributed by atoms with Gasteiger partial charge in [0.1, 0.15) is 0 Å². The molecule has 0 N–H and O–H groups in total. The van der Waals surface area contributed by atoms with E-state index in [2.05, 4.69) is 34.1 Å². The first-order chi connectivity index (χ1) is 17.9. The number of rotatable bonds is 0. The van der Waals surface area contributed by atoms with Gasteiger partial charge in [-0.3, -0.25) is 0 Å². The van der Waals surface area contributed by atoms with E-state index in [0.717, 1.165) is 0 Å². The minimum absolute atomic E-state index is 1.24. The van der Waals surface area contributed by atoms with Crippen LogP contribution < -0.4 is 9.80 Å². The second-order valence-corrected chi connectivity index (χ2v) is 12.0. The van der Waals surface area contributed by atoms with Gasteiger partial charge in [-0.15, -0.1) is 0 Å². The van der Waals surface area contributed by atoms with Crippen LogP contribution in [-0.2, 0) is 0 Å². The number of fused-ring (bicyclic) bond motifs is 26. The molecule has 4 aliphatic heterocycles. The third-order valence-electron chi connectivity index (χ3n) is 8.79. The Morgan fingerprint density at radius 1 is 0.250 bits per heavy atom. The van der Waals surface area contributed by atoms with Gasteiger partial charge < -0.3 is 9.80 Å². The highest BCUT2D eigenvalue weighted by atomic mass is 15.1. The molecule has 4 aliphatic rings. The summed E-state index contributed by atoms with van der Waals surface area (Å²) < 4.78 is 0. The molecule has 206 valence electrons. The van der Waals surface area contributed by atoms with Crippen LogP contribution in [0.2, 0.25) is 0 Å². The molecule has 0 saturated heterocycles. The third-order valence-corrected chi connectivity index (χ3v) is 8.79. The van der Waals surface area contributed by atoms with Crippen molar-refractivity contribution in [3.8, 4) is 0 Å². The van der Waals surface area contributed by atoms with Crippen molar-refractivity contribution >= 4 is 11.4 Å². The fourth-order valence-corrected chi connectivity index (χ4v) is 6.36. The van der Waals surface area contributed by atoms with Crippen LogP contribution in [0.4, 0.5) is 11.4 Å². The Bertz CT molecular complexity index is 538. The monoisotopic (exact) mass is 496 g/mol. The lowest BCUT2D eigenvalue weighted by atomic mass is 10.0. The van der Waals surface area contributed by atoms with Crippen molar-refractivity contribution in [2.45, 2.75) is 154 Å². The molecule has 0 atom stereocenters. The van der Waals surface area contributed by atoms with E-state index in [1.807, 2.05) is 0 Å². The highest BCUT2D eigenvalue weighted by molar-refractivity contribution is 5.56. The predicted molar refractivity (Wildman–Crippen MR) is 162 cm³/mol. The highest BCUT2D eigenvalue weighted by Crippen LogP contribution is 2.24. The molecular formula is C34H60N2. The summed E-state index contributed by atoms with van der Waals surface area (Å²) in [6.07, 6.45) is 34.3. The molecule has 0 radical (unpaired) electrons. The summed E-state index contributed by atoms with van der Waals surface area (Å²) in [5, 5.41) is 0. The van der Waals surface area contributed by atoms with Crippen LogP contribution >= 0.6 is 0 Å². The highest BCUT2D eigenvalue weighted by Gasteiger charge is 2.11. The maximum absolute atomic E-state index is 2.71. The van der Waals surface area contributed by atoms with E-state index in [1.54, 1.807) is 0 Å². The lowest BCUT2D eigenvalue weighted by molar-refractivity contribution is 0.526. The number of nitrogens with zero attached hydrogens (tertiary/aromatic N) is 2. The summed E-state index contributed by atoms with van der Waals surface area (Å²) in [5.41, 5.74) is 2.92. The summed E-state index contributed by atoms with van der Waals surface area (Å²) in [5.74, 6) is 0. The van der Waals surface area contributed by atoms with Gasteiger partial charge in [0.15, 0.2) is 0 Å². The molecule has 2 heteroatoms. The Labute approximate surface area is 225 Å². The summed E-state index contributed by atoms with van der Waals surface area (Å²) in [4.78, 5) is 5.43. The third kappa shape index (κ3) is 12.9. The number of anilines is 2. The number of hydrogen-bond acceptors (Lipinski definition) is 2. The van der Waals surface area contributed by atoms with E-state index < -0.39 is 0 Å². The topological polar surface area (TPSA) is 6.48 Å². The fourth-order valence-electron chi connectivity index (χ4n) is 6.36. The second-order valence-electron chi connectivity index (χ2n) is 12.0. The molecule has 1 aromatic rings. The van der Waals surface area contributed by atoms with Crippen molar-refractivity contribution in [2.75, 3.05) is 36.0 Å². The molecule has 0 aromatic heterocycles. The smallest absolute Gasteiger partial charge is 0.0367 e. The van der Waals surface area contributed by atoms with Crippen molar-refractivity contribution in [1.29, 1.82) is 0 Å². The minimum Gasteiger partial charge on any atom is -0.372 e. The number of hydrogen-bond donors (Lipinski definition) is 0. The van der Waals surface area contributed by atoms with Crippen LogP contribution in [0.25, 0.3) is 0 Å². The quantitative estimate of drug-likeness (QED) is 0.352. The SMILES string of the molecule is c1cc2ccc1N1CCCCCCCCCCCCCCN2CCCCCCCCCCCCCC1.